The molecule has 2 rings (SSSR count). The average molecular weight is 363 g/mol. The molecule has 0 unspecified atom stereocenters. The SMILES string of the molecule is C[C@@H](NC(=O)OC(C)(C)C)C(O)(c1ccc(F)cc1)c1ccc(F)cc1. The summed E-state index contributed by atoms with van der Waals surface area (Å²) in [5.74, 6) is -0.911. The molecule has 4 nitrogen and oxygen atoms in total. The van der Waals surface area contributed by atoms with E-state index in [-0.39, 0.29) is 0 Å². The van der Waals surface area contributed by atoms with Gasteiger partial charge in [-0.25, -0.2) is 13.6 Å². The molecular formula is C20H23F2NO3. The fraction of sp³-hybridized carbons (Fsp3) is 0.350. The highest BCUT2D eigenvalue weighted by molar-refractivity contribution is 5.68. The number of hydrogen-bond acceptors (Lipinski definition) is 3. The summed E-state index contributed by atoms with van der Waals surface area (Å²) < 4.78 is 31.8. The van der Waals surface area contributed by atoms with Gasteiger partial charge in [0.1, 0.15) is 22.8 Å². The van der Waals surface area contributed by atoms with Crippen LogP contribution in [0.4, 0.5) is 13.6 Å². The zero-order chi connectivity index (χ0) is 19.5. The maximum absolute atomic E-state index is 13.3. The molecule has 0 fully saturated rings. The third-order valence-electron chi connectivity index (χ3n) is 3.93. The van der Waals surface area contributed by atoms with Crippen LogP contribution in [0.3, 0.4) is 0 Å². The Labute approximate surface area is 151 Å². The van der Waals surface area contributed by atoms with Crippen molar-refractivity contribution in [2.75, 3.05) is 0 Å². The van der Waals surface area contributed by atoms with Gasteiger partial charge in [0.2, 0.25) is 0 Å². The molecule has 1 amide bonds. The van der Waals surface area contributed by atoms with E-state index in [2.05, 4.69) is 5.32 Å². The van der Waals surface area contributed by atoms with Crippen molar-refractivity contribution in [1.29, 1.82) is 0 Å². The number of benzene rings is 2. The van der Waals surface area contributed by atoms with Crippen molar-refractivity contribution < 1.29 is 23.4 Å². The van der Waals surface area contributed by atoms with Crippen LogP contribution in [0, 0.1) is 11.6 Å². The number of carbonyl (C=O) groups is 1. The fourth-order valence-corrected chi connectivity index (χ4v) is 2.66. The Kier molecular flexibility index (Phi) is 5.66. The molecule has 6 heteroatoms. The molecule has 0 radical (unpaired) electrons. The lowest BCUT2D eigenvalue weighted by Gasteiger charge is -2.36. The molecule has 1 atom stereocenters. The van der Waals surface area contributed by atoms with Gasteiger partial charge in [-0.2, -0.15) is 0 Å². The van der Waals surface area contributed by atoms with Gasteiger partial charge in [-0.1, -0.05) is 24.3 Å². The molecule has 2 aromatic rings. The minimum absolute atomic E-state index is 0.356. The number of hydrogen-bond donors (Lipinski definition) is 2. The molecule has 2 N–H and O–H groups in total. The van der Waals surface area contributed by atoms with Gasteiger partial charge in [0, 0.05) is 0 Å². The summed E-state index contributed by atoms with van der Waals surface area (Å²) >= 11 is 0. The van der Waals surface area contributed by atoms with Crippen LogP contribution in [0.2, 0.25) is 0 Å². The van der Waals surface area contributed by atoms with E-state index in [0.29, 0.717) is 11.1 Å². The van der Waals surface area contributed by atoms with Crippen molar-refractivity contribution >= 4 is 6.09 Å². The van der Waals surface area contributed by atoms with Gasteiger partial charge in [0.15, 0.2) is 0 Å². The zero-order valence-corrected chi connectivity index (χ0v) is 15.2. The first-order chi connectivity index (χ1) is 12.0. The van der Waals surface area contributed by atoms with Crippen LogP contribution in [0.5, 0.6) is 0 Å². The second-order valence-corrected chi connectivity index (χ2v) is 7.15. The highest BCUT2D eigenvalue weighted by Crippen LogP contribution is 2.33. The van der Waals surface area contributed by atoms with E-state index >= 15 is 0 Å². The molecule has 0 saturated heterocycles. The summed E-state index contributed by atoms with van der Waals surface area (Å²) in [5, 5.41) is 14.0. The summed E-state index contributed by atoms with van der Waals surface area (Å²) in [4.78, 5) is 12.1. The normalized spacial score (nSPS) is 13.2. The highest BCUT2D eigenvalue weighted by Gasteiger charge is 2.39. The van der Waals surface area contributed by atoms with Crippen LogP contribution in [0.1, 0.15) is 38.8 Å². The molecule has 0 bridgehead atoms. The van der Waals surface area contributed by atoms with Crippen LogP contribution in [-0.2, 0) is 10.3 Å². The fourth-order valence-electron chi connectivity index (χ4n) is 2.66. The zero-order valence-electron chi connectivity index (χ0n) is 15.2. The number of nitrogens with one attached hydrogen (secondary N) is 1. The van der Waals surface area contributed by atoms with Crippen molar-refractivity contribution in [3.63, 3.8) is 0 Å². The third kappa shape index (κ3) is 4.58. The standard InChI is InChI=1S/C20H23F2NO3/c1-13(23-18(24)26-19(2,3)4)20(25,14-5-9-16(21)10-6-14)15-7-11-17(22)12-8-15/h5-13,25H,1-4H3,(H,23,24)/t13-/m1/s1. The van der Waals surface area contributed by atoms with E-state index in [0.717, 1.165) is 0 Å². The predicted molar refractivity (Wildman–Crippen MR) is 94.6 cm³/mol. The Morgan fingerprint density at radius 1 is 0.962 bits per heavy atom. The van der Waals surface area contributed by atoms with Crippen molar-refractivity contribution in [3.05, 3.63) is 71.3 Å². The van der Waals surface area contributed by atoms with Crippen LogP contribution >= 0.6 is 0 Å². The number of carbonyl (C=O) groups excluding carboxylic acids is 1. The molecular weight excluding hydrogens is 340 g/mol. The molecule has 0 heterocycles. The van der Waals surface area contributed by atoms with Crippen LogP contribution in [-0.4, -0.2) is 22.8 Å². The Morgan fingerprint density at radius 3 is 1.69 bits per heavy atom. The molecule has 0 aromatic heterocycles. The van der Waals surface area contributed by atoms with Gasteiger partial charge in [0.25, 0.3) is 0 Å². The van der Waals surface area contributed by atoms with Crippen molar-refractivity contribution in [2.45, 2.75) is 44.9 Å². The smallest absolute Gasteiger partial charge is 0.407 e. The van der Waals surface area contributed by atoms with Crippen molar-refractivity contribution in [3.8, 4) is 0 Å². The number of rotatable bonds is 4. The van der Waals surface area contributed by atoms with Crippen LogP contribution < -0.4 is 5.32 Å². The quantitative estimate of drug-likeness (QED) is 0.859. The lowest BCUT2D eigenvalue weighted by Crippen LogP contribution is -2.50. The van der Waals surface area contributed by atoms with E-state index < -0.39 is 35.0 Å². The first kappa shape index (κ1) is 19.8. The Bertz CT molecular complexity index is 707. The third-order valence-corrected chi connectivity index (χ3v) is 3.93. The maximum atomic E-state index is 13.3. The Hall–Kier alpha value is -2.47. The first-order valence-electron chi connectivity index (χ1n) is 8.26. The molecule has 0 aliphatic heterocycles. The van der Waals surface area contributed by atoms with E-state index in [1.165, 1.54) is 48.5 Å². The van der Waals surface area contributed by atoms with E-state index in [4.69, 9.17) is 4.74 Å². The highest BCUT2D eigenvalue weighted by atomic mass is 19.1. The molecule has 0 aliphatic carbocycles. The van der Waals surface area contributed by atoms with E-state index in [1.807, 2.05) is 0 Å². The lowest BCUT2D eigenvalue weighted by molar-refractivity contribution is 0.0209. The van der Waals surface area contributed by atoms with Gasteiger partial charge in [0.05, 0.1) is 6.04 Å². The summed E-state index contributed by atoms with van der Waals surface area (Å²) in [6, 6.07) is 9.70. The summed E-state index contributed by atoms with van der Waals surface area (Å²) in [6.07, 6.45) is -0.701. The topological polar surface area (TPSA) is 58.6 Å². The Balaban J connectivity index is 2.41. The van der Waals surface area contributed by atoms with E-state index in [9.17, 15) is 18.7 Å². The van der Waals surface area contributed by atoms with Gasteiger partial charge in [-0.05, 0) is 63.1 Å². The molecule has 0 spiro atoms. The average Bonchev–Trinajstić information content (AvgIpc) is 2.53. The number of alkyl carbamates (subject to hydrolysis) is 1. The molecule has 26 heavy (non-hydrogen) atoms. The molecule has 2 aromatic carbocycles. The molecule has 140 valence electrons. The minimum Gasteiger partial charge on any atom is -0.444 e. The van der Waals surface area contributed by atoms with Gasteiger partial charge >= 0.3 is 6.09 Å². The molecule has 0 aliphatic rings. The van der Waals surface area contributed by atoms with Crippen molar-refractivity contribution in [1.82, 2.24) is 5.32 Å². The summed E-state index contributed by atoms with van der Waals surface area (Å²) in [5.41, 5.74) is -1.70. The number of ether oxygens (including phenoxy) is 1. The van der Waals surface area contributed by atoms with Gasteiger partial charge < -0.3 is 15.2 Å². The predicted octanol–water partition coefficient (Wildman–Crippen LogP) is 4.11. The number of halogens is 2. The van der Waals surface area contributed by atoms with Crippen LogP contribution in [0.25, 0.3) is 0 Å². The minimum atomic E-state index is -1.71. The number of aliphatic hydroxyl groups is 1. The van der Waals surface area contributed by atoms with Gasteiger partial charge in [-0.3, -0.25) is 0 Å². The van der Waals surface area contributed by atoms with Crippen LogP contribution in [0.15, 0.2) is 48.5 Å². The monoisotopic (exact) mass is 363 g/mol. The maximum Gasteiger partial charge on any atom is 0.407 e. The number of amides is 1. The summed E-state index contributed by atoms with van der Waals surface area (Å²) in [6.45, 7) is 6.77. The van der Waals surface area contributed by atoms with Crippen molar-refractivity contribution in [2.24, 2.45) is 0 Å². The lowest BCUT2D eigenvalue weighted by atomic mass is 9.81. The van der Waals surface area contributed by atoms with E-state index in [1.54, 1.807) is 27.7 Å². The molecule has 0 saturated carbocycles. The Morgan fingerprint density at radius 2 is 1.35 bits per heavy atom. The second kappa shape index (κ2) is 7.41. The summed E-state index contributed by atoms with van der Waals surface area (Å²) in [7, 11) is 0. The first-order valence-corrected chi connectivity index (χ1v) is 8.26. The second-order valence-electron chi connectivity index (χ2n) is 7.15. The van der Waals surface area contributed by atoms with Gasteiger partial charge in [-0.15, -0.1) is 0 Å². The largest absolute Gasteiger partial charge is 0.444 e.